The summed E-state index contributed by atoms with van der Waals surface area (Å²) in [4.78, 5) is 0. The Labute approximate surface area is 43.8 Å². The maximum absolute atomic E-state index is 7.00. The molecule has 0 rings (SSSR count). The van der Waals surface area contributed by atoms with Crippen LogP contribution < -0.4 is 5.73 Å². The minimum atomic E-state index is 0.684. The lowest BCUT2D eigenvalue weighted by Gasteiger charge is -1.69. The average molecular weight is 109 g/mol. The van der Waals surface area contributed by atoms with Crippen LogP contribution in [0.5, 0.6) is 0 Å². The number of aliphatic hydroxyl groups excluding tert-OH is 1. The molecule has 0 unspecified atom stereocenters. The van der Waals surface area contributed by atoms with E-state index < -0.39 is 0 Å². The number of rotatable bonds is 1. The lowest BCUT2D eigenvalue weighted by Crippen LogP contribution is -1.97. The lowest BCUT2D eigenvalue weighted by atomic mass is 10.8. The average Bonchev–Trinajstić information content (AvgIpc) is 1.72. The van der Waals surface area contributed by atoms with Gasteiger partial charge in [-0.3, -0.25) is 0 Å². The van der Waals surface area contributed by atoms with E-state index in [4.69, 9.17) is 10.8 Å². The second kappa shape index (κ2) is 18.6. The third-order valence-electron chi connectivity index (χ3n) is 0.129. The van der Waals surface area contributed by atoms with Gasteiger partial charge in [-0.05, 0) is 0 Å². The molecule has 40 valence electrons. The number of hydrogen-bond donors (Lipinski definition) is 3. The minimum Gasteiger partial charge on any atom is -0.400 e. The van der Waals surface area contributed by atoms with Crippen LogP contribution in [-0.2, 0) is 0 Å². The molecule has 0 spiro atoms. The molecule has 3 heteroatoms. The number of hydrogen-bond acceptors (Lipinski definition) is 3. The highest BCUT2D eigenvalue weighted by Gasteiger charge is 1.56. The summed E-state index contributed by atoms with van der Waals surface area (Å²) in [5, 5.41) is 7.00. The highest BCUT2D eigenvalue weighted by atomic mass is 32.1. The summed E-state index contributed by atoms with van der Waals surface area (Å²) in [5.74, 6) is 0.792. The van der Waals surface area contributed by atoms with E-state index in [0.717, 1.165) is 12.9 Å². The Balaban J connectivity index is 0. The van der Waals surface area contributed by atoms with Crippen LogP contribution in [-0.4, -0.2) is 24.5 Å². The van der Waals surface area contributed by atoms with Crippen LogP contribution in [0.2, 0.25) is 0 Å². The summed E-state index contributed by atoms with van der Waals surface area (Å²) >= 11 is 3.80. The van der Waals surface area contributed by atoms with Gasteiger partial charge in [0.25, 0.3) is 0 Å². The number of aliphatic hydroxyl groups is 1. The highest BCUT2D eigenvalue weighted by Crippen LogP contribution is 1.58. The van der Waals surface area contributed by atoms with Gasteiger partial charge in [-0.2, -0.15) is 12.6 Å². The molecular weight excluding hydrogens is 98.1 g/mol. The van der Waals surface area contributed by atoms with Gasteiger partial charge in [-0.25, -0.2) is 0 Å². The fourth-order valence-electron chi connectivity index (χ4n) is 0. The van der Waals surface area contributed by atoms with Crippen LogP contribution in [0, 0.1) is 0 Å². The first-order chi connectivity index (χ1) is 2.91. The molecule has 0 saturated heterocycles. The summed E-state index contributed by atoms with van der Waals surface area (Å²) in [6, 6.07) is 0. The van der Waals surface area contributed by atoms with Gasteiger partial charge < -0.3 is 10.8 Å². The van der Waals surface area contributed by atoms with Crippen molar-refractivity contribution < 1.29 is 5.11 Å². The van der Waals surface area contributed by atoms with Crippen LogP contribution >= 0.6 is 12.6 Å². The quantitative estimate of drug-likeness (QED) is 0.397. The lowest BCUT2D eigenvalue weighted by molar-refractivity contribution is 0.399. The molecule has 6 heavy (non-hydrogen) atoms. The molecule has 0 aliphatic heterocycles. The van der Waals surface area contributed by atoms with Crippen molar-refractivity contribution in [1.82, 2.24) is 0 Å². The van der Waals surface area contributed by atoms with E-state index >= 15 is 0 Å². The van der Waals surface area contributed by atoms with Crippen LogP contribution in [0.4, 0.5) is 0 Å². The zero-order valence-corrected chi connectivity index (χ0v) is 4.78. The van der Waals surface area contributed by atoms with E-state index in [1.54, 1.807) is 0 Å². The molecule has 3 N–H and O–H groups in total. The summed E-state index contributed by atoms with van der Waals surface area (Å²) in [6.07, 6.45) is 0. The molecule has 0 saturated carbocycles. The van der Waals surface area contributed by atoms with Crippen molar-refractivity contribution >= 4 is 12.6 Å². The summed E-state index contributed by atoms with van der Waals surface area (Å²) in [5.41, 5.74) is 4.95. The Morgan fingerprint density at radius 2 is 1.83 bits per heavy atom. The SMILES string of the molecule is CO.NCCS. The van der Waals surface area contributed by atoms with E-state index in [0.29, 0.717) is 6.54 Å². The van der Waals surface area contributed by atoms with Crippen LogP contribution in [0.3, 0.4) is 0 Å². The van der Waals surface area contributed by atoms with Gasteiger partial charge in [0, 0.05) is 19.4 Å². The van der Waals surface area contributed by atoms with Crippen molar-refractivity contribution in [2.75, 3.05) is 19.4 Å². The molecule has 0 heterocycles. The number of thiol groups is 1. The van der Waals surface area contributed by atoms with E-state index in [9.17, 15) is 0 Å². The Morgan fingerprint density at radius 1 is 1.67 bits per heavy atom. The van der Waals surface area contributed by atoms with Gasteiger partial charge in [0.05, 0.1) is 0 Å². The van der Waals surface area contributed by atoms with Gasteiger partial charge >= 0.3 is 0 Å². The second-order valence-electron chi connectivity index (χ2n) is 0.512. The summed E-state index contributed by atoms with van der Waals surface area (Å²) in [6.45, 7) is 0.684. The Kier molecular flexibility index (Phi) is 29.7. The van der Waals surface area contributed by atoms with Crippen LogP contribution in [0.25, 0.3) is 0 Å². The van der Waals surface area contributed by atoms with Gasteiger partial charge in [-0.1, -0.05) is 0 Å². The van der Waals surface area contributed by atoms with Gasteiger partial charge in [0.2, 0.25) is 0 Å². The van der Waals surface area contributed by atoms with Crippen molar-refractivity contribution in [3.63, 3.8) is 0 Å². The molecule has 0 aliphatic rings. The minimum absolute atomic E-state index is 0.684. The molecule has 0 amide bonds. The second-order valence-corrected chi connectivity index (χ2v) is 0.959. The maximum atomic E-state index is 7.00. The fraction of sp³-hybridized carbons (Fsp3) is 1.00. The molecule has 0 aromatic carbocycles. The number of nitrogens with two attached hydrogens (primary N) is 1. The first-order valence-corrected chi connectivity index (χ1v) is 2.30. The smallest absolute Gasteiger partial charge is 0.0319 e. The Morgan fingerprint density at radius 3 is 1.83 bits per heavy atom. The Bertz CT molecular complexity index is 12.8. The molecule has 0 radical (unpaired) electrons. The van der Waals surface area contributed by atoms with E-state index in [1.165, 1.54) is 0 Å². The maximum Gasteiger partial charge on any atom is 0.0319 e. The zero-order chi connectivity index (χ0) is 5.41. The topological polar surface area (TPSA) is 46.2 Å². The molecule has 0 bridgehead atoms. The molecule has 2 nitrogen and oxygen atoms in total. The normalized spacial score (nSPS) is 6.00. The third kappa shape index (κ3) is 28.3. The molecule has 0 aromatic heterocycles. The third-order valence-corrected chi connectivity index (χ3v) is 0.387. The van der Waals surface area contributed by atoms with Crippen LogP contribution in [0.1, 0.15) is 0 Å². The first-order valence-electron chi connectivity index (χ1n) is 1.67. The van der Waals surface area contributed by atoms with Crippen molar-refractivity contribution in [1.29, 1.82) is 0 Å². The molecule has 0 fully saturated rings. The summed E-state index contributed by atoms with van der Waals surface area (Å²) in [7, 11) is 1.00. The van der Waals surface area contributed by atoms with Gasteiger partial charge in [0.1, 0.15) is 0 Å². The van der Waals surface area contributed by atoms with Gasteiger partial charge in [0.15, 0.2) is 0 Å². The summed E-state index contributed by atoms with van der Waals surface area (Å²) < 4.78 is 0. The van der Waals surface area contributed by atoms with Crippen molar-refractivity contribution in [3.05, 3.63) is 0 Å². The first kappa shape index (κ1) is 9.55. The molecular formula is C3H11NOS. The standard InChI is InChI=1S/C2H7NS.CH4O/c3-1-2-4;1-2/h4H,1-3H2;2H,1H3. The largest absolute Gasteiger partial charge is 0.400 e. The Hall–Kier alpha value is 0.270. The van der Waals surface area contributed by atoms with Crippen molar-refractivity contribution in [2.45, 2.75) is 0 Å². The monoisotopic (exact) mass is 109 g/mol. The molecule has 0 aliphatic carbocycles. The van der Waals surface area contributed by atoms with E-state index in [2.05, 4.69) is 12.6 Å². The molecule has 0 aromatic rings. The van der Waals surface area contributed by atoms with Crippen LogP contribution in [0.15, 0.2) is 0 Å². The van der Waals surface area contributed by atoms with Gasteiger partial charge in [-0.15, -0.1) is 0 Å². The zero-order valence-electron chi connectivity index (χ0n) is 3.89. The van der Waals surface area contributed by atoms with E-state index in [-0.39, 0.29) is 0 Å². The van der Waals surface area contributed by atoms with Crippen molar-refractivity contribution in [2.24, 2.45) is 5.73 Å². The fourth-order valence-corrected chi connectivity index (χ4v) is 0. The molecule has 0 atom stereocenters. The van der Waals surface area contributed by atoms with Crippen molar-refractivity contribution in [3.8, 4) is 0 Å². The predicted molar refractivity (Wildman–Crippen MR) is 31.1 cm³/mol. The highest BCUT2D eigenvalue weighted by molar-refractivity contribution is 7.80. The van der Waals surface area contributed by atoms with E-state index in [1.807, 2.05) is 0 Å². The predicted octanol–water partition coefficient (Wildman–Crippen LogP) is -0.517.